The van der Waals surface area contributed by atoms with Crippen LogP contribution in [-0.2, 0) is 21.2 Å². The Bertz CT molecular complexity index is 1620. The Hall–Kier alpha value is -4.26. The predicted molar refractivity (Wildman–Crippen MR) is 130 cm³/mol. The second-order valence-electron chi connectivity index (χ2n) is 8.23. The molecule has 1 aromatic heterocycles. The lowest BCUT2D eigenvalue weighted by Crippen LogP contribution is -2.48. The zero-order valence-electron chi connectivity index (χ0n) is 19.2. The molecule has 0 saturated carbocycles. The van der Waals surface area contributed by atoms with Crippen molar-refractivity contribution in [1.82, 2.24) is 19.6 Å². The number of carbonyl (C=O) groups is 1. The Morgan fingerprint density at radius 1 is 1.03 bits per heavy atom. The molecule has 12 heteroatoms. The molecule has 0 saturated heterocycles. The first-order valence-corrected chi connectivity index (χ1v) is 12.6. The number of nitrogens with zero attached hydrogens (tertiary/aromatic N) is 2. The average molecular weight is 525 g/mol. The minimum absolute atomic E-state index is 0.0566. The molecule has 2 heterocycles. The van der Waals surface area contributed by atoms with Gasteiger partial charge >= 0.3 is 0 Å². The second kappa shape index (κ2) is 9.65. The Labute approximate surface area is 210 Å². The smallest absolute Gasteiger partial charge is 0.276 e. The lowest BCUT2D eigenvalue weighted by molar-refractivity contribution is -0.133. The monoisotopic (exact) mass is 524 g/mol. The standard InChI is InChI=1S/C25H21FN4O6S/c26-16-10-12-18(13-11-16)36-20-8-4-5-9-21(20)37(34,35)29-15-14-19-22(23(29)24(31)28-33)25(32)30(27-19)17-6-2-1-3-7-17/h1-13,23,27,33H,14-15H2,(H,28,31). The van der Waals surface area contributed by atoms with Gasteiger partial charge in [-0.25, -0.2) is 23.0 Å². The summed E-state index contributed by atoms with van der Waals surface area (Å²) in [7, 11) is -4.44. The highest BCUT2D eigenvalue weighted by Gasteiger charge is 2.44. The number of nitrogens with one attached hydrogen (secondary N) is 2. The topological polar surface area (TPSA) is 134 Å². The van der Waals surface area contributed by atoms with E-state index in [4.69, 9.17) is 4.74 Å². The van der Waals surface area contributed by atoms with Crippen molar-refractivity contribution in [2.75, 3.05) is 6.54 Å². The maximum atomic E-state index is 13.9. The highest BCUT2D eigenvalue weighted by Crippen LogP contribution is 2.37. The molecule has 0 radical (unpaired) electrons. The first-order valence-electron chi connectivity index (χ1n) is 11.2. The summed E-state index contributed by atoms with van der Waals surface area (Å²) in [5.41, 5.74) is 1.65. The number of rotatable bonds is 6. The number of hydrogen-bond acceptors (Lipinski definition) is 6. The third kappa shape index (κ3) is 4.42. The Morgan fingerprint density at radius 3 is 2.41 bits per heavy atom. The van der Waals surface area contributed by atoms with Crippen molar-refractivity contribution < 1.29 is 27.5 Å². The fraction of sp³-hybridized carbons (Fsp3) is 0.120. The number of ether oxygens (including phenoxy) is 1. The molecule has 1 atom stereocenters. The molecule has 3 N–H and O–H groups in total. The van der Waals surface area contributed by atoms with Crippen LogP contribution in [0.1, 0.15) is 17.3 Å². The molecule has 10 nitrogen and oxygen atoms in total. The first kappa shape index (κ1) is 24.4. The maximum Gasteiger partial charge on any atom is 0.276 e. The molecule has 0 spiro atoms. The Morgan fingerprint density at radius 2 is 1.70 bits per heavy atom. The van der Waals surface area contributed by atoms with E-state index < -0.39 is 33.3 Å². The van der Waals surface area contributed by atoms with E-state index in [1.807, 2.05) is 0 Å². The van der Waals surface area contributed by atoms with Crippen LogP contribution in [0.5, 0.6) is 11.5 Å². The number of carbonyl (C=O) groups excluding carboxylic acids is 1. The number of para-hydroxylation sites is 2. The lowest BCUT2D eigenvalue weighted by Gasteiger charge is -2.32. The van der Waals surface area contributed by atoms with Crippen molar-refractivity contribution in [3.8, 4) is 17.2 Å². The van der Waals surface area contributed by atoms with Crippen molar-refractivity contribution in [3.05, 3.63) is 106 Å². The van der Waals surface area contributed by atoms with Crippen molar-refractivity contribution >= 4 is 15.9 Å². The van der Waals surface area contributed by atoms with E-state index in [0.717, 1.165) is 4.31 Å². The van der Waals surface area contributed by atoms with Gasteiger partial charge in [0.05, 0.1) is 11.3 Å². The van der Waals surface area contributed by atoms with Gasteiger partial charge in [-0.3, -0.25) is 19.9 Å². The minimum Gasteiger partial charge on any atom is -0.456 e. The number of hydrogen-bond donors (Lipinski definition) is 3. The van der Waals surface area contributed by atoms with Gasteiger partial charge in [0.2, 0.25) is 10.0 Å². The van der Waals surface area contributed by atoms with E-state index >= 15 is 0 Å². The van der Waals surface area contributed by atoms with Gasteiger partial charge in [-0.05, 0) is 48.5 Å². The number of sulfonamides is 1. The number of hydroxylamine groups is 1. The van der Waals surface area contributed by atoms with Gasteiger partial charge in [0.1, 0.15) is 28.3 Å². The number of halogens is 1. The van der Waals surface area contributed by atoms with Crippen LogP contribution in [0.2, 0.25) is 0 Å². The minimum atomic E-state index is -4.44. The van der Waals surface area contributed by atoms with Gasteiger partial charge in [0.25, 0.3) is 11.5 Å². The van der Waals surface area contributed by atoms with Crippen LogP contribution in [0.4, 0.5) is 4.39 Å². The number of aromatic nitrogens is 2. The summed E-state index contributed by atoms with van der Waals surface area (Å²) in [5.74, 6) is -1.43. The summed E-state index contributed by atoms with van der Waals surface area (Å²) in [6.07, 6.45) is 0.111. The Balaban J connectivity index is 1.59. The molecular formula is C25H21FN4O6S. The predicted octanol–water partition coefficient (Wildman–Crippen LogP) is 2.89. The molecule has 4 aromatic rings. The molecule has 0 fully saturated rings. The van der Waals surface area contributed by atoms with E-state index in [-0.39, 0.29) is 34.9 Å². The summed E-state index contributed by atoms with van der Waals surface area (Å²) in [4.78, 5) is 25.9. The van der Waals surface area contributed by atoms with Crippen molar-refractivity contribution in [3.63, 3.8) is 0 Å². The summed E-state index contributed by atoms with van der Waals surface area (Å²) in [6, 6.07) is 17.8. The zero-order valence-corrected chi connectivity index (χ0v) is 20.0. The van der Waals surface area contributed by atoms with Gasteiger partial charge in [-0.1, -0.05) is 30.3 Å². The van der Waals surface area contributed by atoms with E-state index in [1.54, 1.807) is 36.4 Å². The number of H-pyrrole nitrogens is 1. The number of amides is 1. The molecule has 1 unspecified atom stereocenters. The highest BCUT2D eigenvalue weighted by molar-refractivity contribution is 7.89. The molecule has 37 heavy (non-hydrogen) atoms. The lowest BCUT2D eigenvalue weighted by atomic mass is 10.0. The van der Waals surface area contributed by atoms with E-state index in [0.29, 0.717) is 11.4 Å². The second-order valence-corrected chi connectivity index (χ2v) is 10.1. The van der Waals surface area contributed by atoms with Crippen molar-refractivity contribution in [2.45, 2.75) is 17.4 Å². The molecular weight excluding hydrogens is 503 g/mol. The van der Waals surface area contributed by atoms with Crippen LogP contribution >= 0.6 is 0 Å². The largest absolute Gasteiger partial charge is 0.456 e. The summed E-state index contributed by atoms with van der Waals surface area (Å²) in [6.45, 7) is -0.160. The zero-order chi connectivity index (χ0) is 26.2. The SMILES string of the molecule is O=C(NO)C1c2c([nH]n(-c3ccccc3)c2=O)CCN1S(=O)(=O)c1ccccc1Oc1ccc(F)cc1. The summed E-state index contributed by atoms with van der Waals surface area (Å²) >= 11 is 0. The van der Waals surface area contributed by atoms with Crippen LogP contribution in [0, 0.1) is 5.82 Å². The number of aromatic amines is 1. The van der Waals surface area contributed by atoms with E-state index in [2.05, 4.69) is 5.10 Å². The fourth-order valence-corrected chi connectivity index (χ4v) is 5.98. The van der Waals surface area contributed by atoms with Crippen LogP contribution in [0.25, 0.3) is 5.69 Å². The van der Waals surface area contributed by atoms with E-state index in [1.165, 1.54) is 52.6 Å². The molecule has 1 amide bonds. The Kier molecular flexibility index (Phi) is 6.38. The van der Waals surface area contributed by atoms with Crippen LogP contribution in [0.3, 0.4) is 0 Å². The van der Waals surface area contributed by atoms with Crippen molar-refractivity contribution in [2.24, 2.45) is 0 Å². The number of benzene rings is 3. The average Bonchev–Trinajstić information content (AvgIpc) is 3.26. The molecule has 0 bridgehead atoms. The summed E-state index contributed by atoms with van der Waals surface area (Å²) < 4.78 is 48.9. The van der Waals surface area contributed by atoms with Crippen LogP contribution in [0.15, 0.2) is 88.6 Å². The molecule has 190 valence electrons. The van der Waals surface area contributed by atoms with Crippen LogP contribution < -0.4 is 15.8 Å². The molecule has 1 aliphatic rings. The quantitative estimate of drug-likeness (QED) is 0.262. The van der Waals surface area contributed by atoms with Gasteiger partial charge in [0.15, 0.2) is 0 Å². The van der Waals surface area contributed by atoms with Gasteiger partial charge in [-0.2, -0.15) is 4.31 Å². The van der Waals surface area contributed by atoms with Gasteiger partial charge in [0, 0.05) is 18.7 Å². The van der Waals surface area contributed by atoms with Crippen LogP contribution in [-0.4, -0.2) is 40.2 Å². The highest BCUT2D eigenvalue weighted by atomic mass is 32.2. The number of fused-ring (bicyclic) bond motifs is 1. The van der Waals surface area contributed by atoms with Gasteiger partial charge < -0.3 is 4.74 Å². The molecule has 3 aromatic carbocycles. The van der Waals surface area contributed by atoms with Crippen molar-refractivity contribution in [1.29, 1.82) is 0 Å². The first-order chi connectivity index (χ1) is 17.8. The maximum absolute atomic E-state index is 13.9. The third-order valence-electron chi connectivity index (χ3n) is 6.00. The third-order valence-corrected chi connectivity index (χ3v) is 7.90. The van der Waals surface area contributed by atoms with Gasteiger partial charge in [-0.15, -0.1) is 0 Å². The normalized spacial score (nSPS) is 15.7. The molecule has 5 rings (SSSR count). The molecule has 0 aliphatic carbocycles. The van der Waals surface area contributed by atoms with E-state index in [9.17, 15) is 27.6 Å². The fourth-order valence-electron chi connectivity index (χ4n) is 4.31. The summed E-state index contributed by atoms with van der Waals surface area (Å²) in [5, 5.41) is 12.4. The molecule has 1 aliphatic heterocycles.